The van der Waals surface area contributed by atoms with E-state index in [1.54, 1.807) is 30.7 Å². The van der Waals surface area contributed by atoms with Crippen LogP contribution in [0.1, 0.15) is 78.3 Å². The summed E-state index contributed by atoms with van der Waals surface area (Å²) in [6, 6.07) is 13.0. The van der Waals surface area contributed by atoms with Crippen LogP contribution in [-0.2, 0) is 12.0 Å². The molecule has 0 radical (unpaired) electrons. The molecule has 1 saturated heterocycles. The first kappa shape index (κ1) is 26.5. The fourth-order valence-electron chi connectivity index (χ4n) is 4.77. The minimum absolute atomic E-state index is 0.132. The van der Waals surface area contributed by atoms with Gasteiger partial charge in [-0.25, -0.2) is 4.98 Å². The predicted molar refractivity (Wildman–Crippen MR) is 148 cm³/mol. The van der Waals surface area contributed by atoms with Crippen molar-refractivity contribution in [2.45, 2.75) is 58.4 Å². The number of anilines is 2. The Morgan fingerprint density at radius 2 is 1.86 bits per heavy atom. The summed E-state index contributed by atoms with van der Waals surface area (Å²) in [5, 5.41) is 9.62. The lowest BCUT2D eigenvalue weighted by atomic mass is 9.81. The highest BCUT2D eigenvalue weighted by atomic mass is 16.1. The molecule has 1 aromatic carbocycles. The summed E-state index contributed by atoms with van der Waals surface area (Å²) < 4.78 is 0. The quantitative estimate of drug-likeness (QED) is 0.314. The van der Waals surface area contributed by atoms with Crippen LogP contribution in [0.5, 0.6) is 0 Å². The van der Waals surface area contributed by atoms with E-state index >= 15 is 0 Å². The number of hydrogen-bond acceptors (Lipinski definition) is 6. The number of Topliss-reactive ketones (excluding diaryl/α,β-unsaturated/α-hetero) is 1. The molecule has 1 atom stereocenters. The Labute approximate surface area is 219 Å². The molecule has 0 aliphatic carbocycles. The number of hydrogen-bond donors (Lipinski definition) is 3. The lowest BCUT2D eigenvalue weighted by Crippen LogP contribution is -2.19. The van der Waals surface area contributed by atoms with Crippen LogP contribution < -0.4 is 16.0 Å². The number of rotatable bonds is 10. The van der Waals surface area contributed by atoms with Crippen LogP contribution >= 0.6 is 0 Å². The van der Waals surface area contributed by atoms with Crippen LogP contribution in [0.3, 0.4) is 0 Å². The number of ketones is 1. The van der Waals surface area contributed by atoms with Gasteiger partial charge >= 0.3 is 0 Å². The maximum absolute atomic E-state index is 13.3. The van der Waals surface area contributed by atoms with Gasteiger partial charge in [0.1, 0.15) is 5.82 Å². The van der Waals surface area contributed by atoms with E-state index in [0.29, 0.717) is 41.5 Å². The first-order valence-corrected chi connectivity index (χ1v) is 13.1. The number of nitrogens with zero attached hydrogens (tertiary/aromatic N) is 2. The first-order chi connectivity index (χ1) is 17.8. The molecule has 37 heavy (non-hydrogen) atoms. The molecule has 1 unspecified atom stereocenters. The van der Waals surface area contributed by atoms with Crippen molar-refractivity contribution in [3.63, 3.8) is 0 Å². The minimum Gasteiger partial charge on any atom is -0.365 e. The second-order valence-electron chi connectivity index (χ2n) is 10.7. The van der Waals surface area contributed by atoms with Gasteiger partial charge in [-0.3, -0.25) is 14.6 Å². The van der Waals surface area contributed by atoms with Gasteiger partial charge < -0.3 is 16.0 Å². The topological polar surface area (TPSA) is 96.0 Å². The maximum Gasteiger partial charge on any atom is 0.259 e. The number of aromatic nitrogens is 2. The average Bonchev–Trinajstić information content (AvgIpc) is 3.41. The normalized spacial score (nSPS) is 15.4. The van der Waals surface area contributed by atoms with Crippen molar-refractivity contribution in [2.75, 3.05) is 23.7 Å². The summed E-state index contributed by atoms with van der Waals surface area (Å²) in [5.41, 5.74) is 3.59. The van der Waals surface area contributed by atoms with E-state index in [2.05, 4.69) is 46.7 Å². The van der Waals surface area contributed by atoms with Gasteiger partial charge in [0, 0.05) is 42.8 Å². The molecule has 3 aromatic rings. The third kappa shape index (κ3) is 7.23. The summed E-state index contributed by atoms with van der Waals surface area (Å²) in [4.78, 5) is 35.0. The number of pyridine rings is 2. The highest BCUT2D eigenvalue weighted by Gasteiger charge is 2.23. The summed E-state index contributed by atoms with van der Waals surface area (Å²) in [7, 11) is 0. The number of amides is 1. The first-order valence-electron chi connectivity index (χ1n) is 13.1. The average molecular weight is 500 g/mol. The molecule has 7 heteroatoms. The molecule has 0 bridgehead atoms. The smallest absolute Gasteiger partial charge is 0.259 e. The Morgan fingerprint density at radius 3 is 2.59 bits per heavy atom. The lowest BCUT2D eigenvalue weighted by Gasteiger charge is -2.23. The molecular weight excluding hydrogens is 462 g/mol. The van der Waals surface area contributed by atoms with Gasteiger partial charge in [0.25, 0.3) is 5.91 Å². The molecule has 4 rings (SSSR count). The summed E-state index contributed by atoms with van der Waals surface area (Å²) >= 11 is 0. The SMILES string of the molecule is CC(C)(C)c1ccc(NC(=O)c2cccnc2NCc2ccncc2)cc1C(=O)CCCC1CCNC1. The molecular formula is C30H37N5O2. The second kappa shape index (κ2) is 12.1. The molecule has 194 valence electrons. The molecule has 1 amide bonds. The van der Waals surface area contributed by atoms with Crippen molar-refractivity contribution < 1.29 is 9.59 Å². The Hall–Kier alpha value is -3.58. The Morgan fingerprint density at radius 1 is 1.05 bits per heavy atom. The molecule has 1 fully saturated rings. The van der Waals surface area contributed by atoms with Crippen LogP contribution in [0.25, 0.3) is 0 Å². The number of benzene rings is 1. The van der Waals surface area contributed by atoms with Gasteiger partial charge in [0.05, 0.1) is 5.56 Å². The number of carbonyl (C=O) groups is 2. The van der Waals surface area contributed by atoms with E-state index in [0.717, 1.165) is 37.1 Å². The van der Waals surface area contributed by atoms with Gasteiger partial charge in [0.2, 0.25) is 0 Å². The molecule has 2 aromatic heterocycles. The molecule has 0 spiro atoms. The van der Waals surface area contributed by atoms with Crippen LogP contribution in [0.15, 0.2) is 61.1 Å². The highest BCUT2D eigenvalue weighted by Crippen LogP contribution is 2.30. The monoisotopic (exact) mass is 499 g/mol. The van der Waals surface area contributed by atoms with E-state index in [-0.39, 0.29) is 17.1 Å². The van der Waals surface area contributed by atoms with E-state index < -0.39 is 0 Å². The van der Waals surface area contributed by atoms with Crippen molar-refractivity contribution in [2.24, 2.45) is 5.92 Å². The van der Waals surface area contributed by atoms with E-state index in [9.17, 15) is 9.59 Å². The second-order valence-corrected chi connectivity index (χ2v) is 10.7. The Bertz CT molecular complexity index is 1210. The van der Waals surface area contributed by atoms with Gasteiger partial charge in [-0.05, 0) is 91.2 Å². The molecule has 7 nitrogen and oxygen atoms in total. The zero-order valence-electron chi connectivity index (χ0n) is 22.0. The van der Waals surface area contributed by atoms with Gasteiger partial charge in [-0.15, -0.1) is 0 Å². The summed E-state index contributed by atoms with van der Waals surface area (Å²) in [5.74, 6) is 1.02. The molecule has 3 heterocycles. The fraction of sp³-hybridized carbons (Fsp3) is 0.400. The van der Waals surface area contributed by atoms with Crippen molar-refractivity contribution in [1.29, 1.82) is 0 Å². The molecule has 0 saturated carbocycles. The summed E-state index contributed by atoms with van der Waals surface area (Å²) in [6.45, 7) is 8.98. The Balaban J connectivity index is 1.48. The van der Waals surface area contributed by atoms with Crippen LogP contribution in [-0.4, -0.2) is 34.7 Å². The Kier molecular flexibility index (Phi) is 8.66. The minimum atomic E-state index is -0.277. The van der Waals surface area contributed by atoms with Crippen molar-refractivity contribution >= 4 is 23.2 Å². The van der Waals surface area contributed by atoms with Crippen LogP contribution in [0.4, 0.5) is 11.5 Å². The highest BCUT2D eigenvalue weighted by molar-refractivity contribution is 6.08. The zero-order chi connectivity index (χ0) is 26.3. The van der Waals surface area contributed by atoms with Crippen LogP contribution in [0.2, 0.25) is 0 Å². The molecule has 3 N–H and O–H groups in total. The van der Waals surface area contributed by atoms with E-state index in [4.69, 9.17) is 0 Å². The number of nitrogens with one attached hydrogen (secondary N) is 3. The fourth-order valence-corrected chi connectivity index (χ4v) is 4.77. The predicted octanol–water partition coefficient (Wildman–Crippen LogP) is 5.60. The van der Waals surface area contributed by atoms with Crippen molar-refractivity contribution in [3.05, 3.63) is 83.3 Å². The van der Waals surface area contributed by atoms with Gasteiger partial charge in [-0.1, -0.05) is 26.8 Å². The van der Waals surface area contributed by atoms with E-state index in [1.165, 1.54) is 6.42 Å². The summed E-state index contributed by atoms with van der Waals surface area (Å²) in [6.07, 6.45) is 8.77. The molecule has 1 aliphatic heterocycles. The zero-order valence-corrected chi connectivity index (χ0v) is 22.0. The van der Waals surface area contributed by atoms with Gasteiger partial charge in [0.15, 0.2) is 5.78 Å². The van der Waals surface area contributed by atoms with Crippen molar-refractivity contribution in [3.8, 4) is 0 Å². The third-order valence-electron chi connectivity index (χ3n) is 6.83. The molecule has 1 aliphatic rings. The number of carbonyl (C=O) groups excluding carboxylic acids is 2. The van der Waals surface area contributed by atoms with E-state index in [1.807, 2.05) is 30.3 Å². The third-order valence-corrected chi connectivity index (χ3v) is 6.83. The standard InChI is InChI=1S/C30H37N5O2/c1-30(2,3)26-10-9-23(18-25(26)27(36)8-4-6-21-13-17-32-19-21)35-29(37)24-7-5-14-33-28(24)34-20-22-11-15-31-16-12-22/h5,7,9-12,14-16,18,21,32H,4,6,8,13,17,19-20H2,1-3H3,(H,33,34)(H,35,37). The maximum atomic E-state index is 13.3. The van der Waals surface area contributed by atoms with Crippen molar-refractivity contribution in [1.82, 2.24) is 15.3 Å². The lowest BCUT2D eigenvalue weighted by molar-refractivity contribution is 0.0973. The largest absolute Gasteiger partial charge is 0.365 e. The van der Waals surface area contributed by atoms with Gasteiger partial charge in [-0.2, -0.15) is 0 Å². The van der Waals surface area contributed by atoms with Crippen LogP contribution in [0, 0.1) is 5.92 Å².